The van der Waals surface area contributed by atoms with Crippen LogP contribution in [0.15, 0.2) is 28.7 Å². The van der Waals surface area contributed by atoms with Gasteiger partial charge in [0, 0.05) is 6.61 Å². The van der Waals surface area contributed by atoms with Gasteiger partial charge in [0.05, 0.1) is 17.9 Å². The van der Waals surface area contributed by atoms with E-state index in [-0.39, 0.29) is 11.3 Å². The predicted molar refractivity (Wildman–Crippen MR) is 78.3 cm³/mol. The molecule has 2 heterocycles. The quantitative estimate of drug-likeness (QED) is 0.849. The molecule has 0 radical (unpaired) electrons. The largest absolute Gasteiger partial charge is 0.424 e. The molecule has 1 aromatic carbocycles. The molecule has 1 aromatic heterocycles. The maximum atomic E-state index is 6.06. The minimum atomic E-state index is -0.153. The molecule has 2 aliphatic rings. The van der Waals surface area contributed by atoms with Gasteiger partial charge in [-0.3, -0.25) is 0 Å². The zero-order valence-corrected chi connectivity index (χ0v) is 12.3. The van der Waals surface area contributed by atoms with Crippen LogP contribution in [0.5, 0.6) is 0 Å². The third kappa shape index (κ3) is 2.09. The Balaban J connectivity index is 1.72. The molecule has 1 aliphatic carbocycles. The van der Waals surface area contributed by atoms with Crippen LogP contribution in [0.25, 0.3) is 0 Å². The van der Waals surface area contributed by atoms with E-state index in [0.717, 1.165) is 44.1 Å². The summed E-state index contributed by atoms with van der Waals surface area (Å²) >= 11 is 0. The van der Waals surface area contributed by atoms with Crippen molar-refractivity contribution >= 4 is 0 Å². The zero-order chi connectivity index (χ0) is 14.3. The van der Waals surface area contributed by atoms with Gasteiger partial charge in [-0.25, -0.2) is 0 Å². The minimum Gasteiger partial charge on any atom is -0.424 e. The van der Waals surface area contributed by atoms with Crippen LogP contribution in [0.1, 0.15) is 55.0 Å². The van der Waals surface area contributed by atoms with E-state index in [4.69, 9.17) is 9.15 Å². The smallest absolute Gasteiger partial charge is 0.226 e. The molecule has 2 atom stereocenters. The standard InChI is InChI=1S/C17H20N2O2/c1-17(9-4-6-12-5-2-3-7-14(12)17)16-19-18-15(21-16)13-8-10-20-11-13/h2-3,5,7,13H,4,6,8-11H2,1H3/t13-,17-/m1/s1. The monoisotopic (exact) mass is 284 g/mol. The Kier molecular flexibility index (Phi) is 3.07. The molecule has 21 heavy (non-hydrogen) atoms. The molecule has 0 N–H and O–H groups in total. The number of nitrogens with zero attached hydrogens (tertiary/aromatic N) is 2. The lowest BCUT2D eigenvalue weighted by Gasteiger charge is -2.32. The van der Waals surface area contributed by atoms with Gasteiger partial charge in [-0.05, 0) is 43.7 Å². The van der Waals surface area contributed by atoms with E-state index in [1.165, 1.54) is 11.1 Å². The van der Waals surface area contributed by atoms with Gasteiger partial charge in [-0.15, -0.1) is 10.2 Å². The molecule has 2 aromatic rings. The highest BCUT2D eigenvalue weighted by molar-refractivity contribution is 5.40. The fourth-order valence-corrected chi connectivity index (χ4v) is 3.62. The van der Waals surface area contributed by atoms with Crippen LogP contribution < -0.4 is 0 Å². The molecule has 0 saturated carbocycles. The van der Waals surface area contributed by atoms with E-state index in [9.17, 15) is 0 Å². The Bertz CT molecular complexity index is 646. The van der Waals surface area contributed by atoms with Crippen molar-refractivity contribution < 1.29 is 9.15 Å². The fourth-order valence-electron chi connectivity index (χ4n) is 3.62. The molecule has 0 bridgehead atoms. The number of benzene rings is 1. The van der Waals surface area contributed by atoms with Crippen LogP contribution >= 0.6 is 0 Å². The lowest BCUT2D eigenvalue weighted by atomic mass is 9.71. The van der Waals surface area contributed by atoms with Crippen molar-refractivity contribution in [3.8, 4) is 0 Å². The van der Waals surface area contributed by atoms with E-state index >= 15 is 0 Å². The van der Waals surface area contributed by atoms with Gasteiger partial charge in [0.2, 0.25) is 11.8 Å². The molecule has 1 aliphatic heterocycles. The number of hydrogen-bond donors (Lipinski definition) is 0. The first-order valence-corrected chi connectivity index (χ1v) is 7.77. The van der Waals surface area contributed by atoms with Crippen molar-refractivity contribution in [2.75, 3.05) is 13.2 Å². The van der Waals surface area contributed by atoms with Gasteiger partial charge < -0.3 is 9.15 Å². The van der Waals surface area contributed by atoms with Gasteiger partial charge in [0.25, 0.3) is 0 Å². The van der Waals surface area contributed by atoms with Gasteiger partial charge >= 0.3 is 0 Å². The summed E-state index contributed by atoms with van der Waals surface area (Å²) < 4.78 is 11.5. The summed E-state index contributed by atoms with van der Waals surface area (Å²) in [6.45, 7) is 3.73. The van der Waals surface area contributed by atoms with Crippen molar-refractivity contribution in [2.45, 2.75) is 43.9 Å². The number of aromatic nitrogens is 2. The molecule has 0 amide bonds. The number of aryl methyl sites for hydroxylation is 1. The fraction of sp³-hybridized carbons (Fsp3) is 0.529. The normalized spacial score (nSPS) is 28.5. The molecule has 4 rings (SSSR count). The molecule has 4 heteroatoms. The number of ether oxygens (including phenoxy) is 1. The summed E-state index contributed by atoms with van der Waals surface area (Å²) in [5.41, 5.74) is 2.60. The molecular formula is C17H20N2O2. The van der Waals surface area contributed by atoms with Gasteiger partial charge in [0.1, 0.15) is 0 Å². The lowest BCUT2D eigenvalue weighted by molar-refractivity contribution is 0.190. The molecule has 1 fully saturated rings. The minimum absolute atomic E-state index is 0.153. The highest BCUT2D eigenvalue weighted by Crippen LogP contribution is 2.42. The predicted octanol–water partition coefficient (Wildman–Crippen LogP) is 3.22. The van der Waals surface area contributed by atoms with Gasteiger partial charge in [-0.2, -0.15) is 0 Å². The summed E-state index contributed by atoms with van der Waals surface area (Å²) in [5.74, 6) is 1.78. The van der Waals surface area contributed by atoms with Gasteiger partial charge in [-0.1, -0.05) is 24.3 Å². The van der Waals surface area contributed by atoms with Crippen molar-refractivity contribution in [2.24, 2.45) is 0 Å². The van der Waals surface area contributed by atoms with Crippen LogP contribution in [-0.2, 0) is 16.6 Å². The third-order valence-electron chi connectivity index (χ3n) is 4.93. The van der Waals surface area contributed by atoms with Gasteiger partial charge in [0.15, 0.2) is 0 Å². The van der Waals surface area contributed by atoms with Crippen molar-refractivity contribution in [1.82, 2.24) is 10.2 Å². The van der Waals surface area contributed by atoms with Crippen molar-refractivity contribution in [3.05, 3.63) is 47.2 Å². The van der Waals surface area contributed by atoms with Crippen LogP contribution in [0.3, 0.4) is 0 Å². The number of hydrogen-bond acceptors (Lipinski definition) is 4. The lowest BCUT2D eigenvalue weighted by Crippen LogP contribution is -2.29. The summed E-state index contributed by atoms with van der Waals surface area (Å²) in [5, 5.41) is 8.68. The van der Waals surface area contributed by atoms with Crippen LogP contribution in [-0.4, -0.2) is 23.4 Å². The summed E-state index contributed by atoms with van der Waals surface area (Å²) in [7, 11) is 0. The molecule has 0 spiro atoms. The zero-order valence-electron chi connectivity index (χ0n) is 12.3. The van der Waals surface area contributed by atoms with Crippen LogP contribution in [0, 0.1) is 0 Å². The Labute approximate surface area is 124 Å². The Hall–Kier alpha value is -1.68. The average Bonchev–Trinajstić information content (AvgIpc) is 3.19. The van der Waals surface area contributed by atoms with E-state index in [1.807, 2.05) is 0 Å². The molecule has 110 valence electrons. The summed E-state index contributed by atoms with van der Waals surface area (Å²) in [6, 6.07) is 8.63. The van der Waals surface area contributed by atoms with E-state index < -0.39 is 0 Å². The Morgan fingerprint density at radius 2 is 2.14 bits per heavy atom. The molecular weight excluding hydrogens is 264 g/mol. The Morgan fingerprint density at radius 1 is 1.24 bits per heavy atom. The molecule has 1 saturated heterocycles. The van der Waals surface area contributed by atoms with Crippen LogP contribution in [0.2, 0.25) is 0 Å². The summed E-state index contributed by atoms with van der Waals surface area (Å²) in [6.07, 6.45) is 4.35. The second-order valence-corrected chi connectivity index (χ2v) is 6.35. The third-order valence-corrected chi connectivity index (χ3v) is 4.93. The number of fused-ring (bicyclic) bond motifs is 1. The maximum Gasteiger partial charge on any atom is 0.226 e. The maximum absolute atomic E-state index is 6.06. The van der Waals surface area contributed by atoms with E-state index in [2.05, 4.69) is 41.4 Å². The molecule has 4 nitrogen and oxygen atoms in total. The highest BCUT2D eigenvalue weighted by Gasteiger charge is 2.39. The topological polar surface area (TPSA) is 48.2 Å². The SMILES string of the molecule is C[C@@]1(c2nnc([C@@H]3CCOC3)o2)CCCc2ccccc21. The van der Waals surface area contributed by atoms with Crippen LogP contribution in [0.4, 0.5) is 0 Å². The first kappa shape index (κ1) is 13.0. The average molecular weight is 284 g/mol. The highest BCUT2D eigenvalue weighted by atomic mass is 16.5. The first-order valence-electron chi connectivity index (χ1n) is 7.77. The van der Waals surface area contributed by atoms with Crippen molar-refractivity contribution in [1.29, 1.82) is 0 Å². The van der Waals surface area contributed by atoms with Crippen molar-refractivity contribution in [3.63, 3.8) is 0 Å². The first-order chi connectivity index (χ1) is 10.3. The Morgan fingerprint density at radius 3 is 3.00 bits per heavy atom. The second kappa shape index (κ2) is 4.95. The number of rotatable bonds is 2. The second-order valence-electron chi connectivity index (χ2n) is 6.35. The molecule has 0 unspecified atom stereocenters. The van der Waals surface area contributed by atoms with E-state index in [1.54, 1.807) is 0 Å². The van der Waals surface area contributed by atoms with E-state index in [0.29, 0.717) is 6.61 Å². The summed E-state index contributed by atoms with van der Waals surface area (Å²) in [4.78, 5) is 0.